The Hall–Kier alpha value is -3.03. The third kappa shape index (κ3) is 3.02. The van der Waals surface area contributed by atoms with Crippen molar-refractivity contribution in [3.8, 4) is 5.82 Å². The second-order valence-corrected chi connectivity index (χ2v) is 6.09. The Morgan fingerprint density at radius 1 is 1.36 bits per heavy atom. The predicted molar refractivity (Wildman–Crippen MR) is 95.1 cm³/mol. The van der Waals surface area contributed by atoms with Gasteiger partial charge in [0.25, 0.3) is 0 Å². The number of nitrogens with zero attached hydrogens (tertiary/aromatic N) is 4. The monoisotopic (exact) mass is 343 g/mol. The number of amides is 1. The van der Waals surface area contributed by atoms with Crippen LogP contribution in [0.5, 0.6) is 0 Å². The molecule has 1 aliphatic heterocycles. The number of hydrogen-bond acceptors (Lipinski definition) is 5. The number of pyridine rings is 1. The summed E-state index contributed by atoms with van der Waals surface area (Å²) in [7, 11) is 1.69. The fraction of sp³-hybridized carbons (Fsp3) is 0.353. The van der Waals surface area contributed by atoms with Gasteiger partial charge in [0.2, 0.25) is 5.91 Å². The number of nitrogen functional groups attached to an aromatic ring is 1. The second kappa shape index (κ2) is 6.46. The Bertz CT molecular complexity index is 816. The first-order valence-corrected chi connectivity index (χ1v) is 8.08. The number of aliphatic carboxylic acids is 1. The molecule has 2 aromatic rings. The first-order chi connectivity index (χ1) is 11.9. The van der Waals surface area contributed by atoms with Gasteiger partial charge in [-0.1, -0.05) is 0 Å². The van der Waals surface area contributed by atoms with Gasteiger partial charge in [0.15, 0.2) is 5.82 Å². The molecule has 0 spiro atoms. The van der Waals surface area contributed by atoms with E-state index in [1.54, 1.807) is 34.8 Å². The highest BCUT2D eigenvalue weighted by Gasteiger charge is 2.32. The third-order valence-electron chi connectivity index (χ3n) is 4.49. The number of carboxylic acid groups (broad SMARTS) is 1. The Labute approximate surface area is 145 Å². The van der Waals surface area contributed by atoms with Gasteiger partial charge in [0.05, 0.1) is 5.69 Å². The minimum absolute atomic E-state index is 0.0962. The summed E-state index contributed by atoms with van der Waals surface area (Å²) in [6, 6.07) is 6.49. The van der Waals surface area contributed by atoms with Crippen molar-refractivity contribution in [1.82, 2.24) is 9.55 Å². The summed E-state index contributed by atoms with van der Waals surface area (Å²) >= 11 is 0. The molecule has 0 radical (unpaired) electrons. The summed E-state index contributed by atoms with van der Waals surface area (Å²) in [5.74, 6) is 0.746. The molecule has 3 rings (SSSR count). The lowest BCUT2D eigenvalue weighted by molar-refractivity contribution is -0.138. The molecule has 1 amide bonds. The van der Waals surface area contributed by atoms with Crippen molar-refractivity contribution >= 4 is 29.2 Å². The molecule has 1 atom stereocenters. The highest BCUT2D eigenvalue weighted by Crippen LogP contribution is 2.30. The quantitative estimate of drug-likeness (QED) is 0.871. The van der Waals surface area contributed by atoms with Crippen LogP contribution in [-0.2, 0) is 9.59 Å². The van der Waals surface area contributed by atoms with Gasteiger partial charge in [-0.2, -0.15) is 0 Å². The van der Waals surface area contributed by atoms with Crippen molar-refractivity contribution < 1.29 is 14.7 Å². The number of aromatic nitrogens is 2. The summed E-state index contributed by atoms with van der Waals surface area (Å²) in [4.78, 5) is 31.0. The fourth-order valence-electron chi connectivity index (χ4n) is 3.09. The molecule has 1 saturated heterocycles. The van der Waals surface area contributed by atoms with E-state index in [2.05, 4.69) is 4.98 Å². The average molecular weight is 343 g/mol. The van der Waals surface area contributed by atoms with Crippen molar-refractivity contribution in [3.63, 3.8) is 0 Å². The summed E-state index contributed by atoms with van der Waals surface area (Å²) in [5, 5.41) is 9.41. The lowest BCUT2D eigenvalue weighted by Crippen LogP contribution is -2.37. The topological polar surface area (TPSA) is 105 Å². The zero-order valence-electron chi connectivity index (χ0n) is 14.2. The van der Waals surface area contributed by atoms with Gasteiger partial charge in [-0.3, -0.25) is 9.36 Å². The van der Waals surface area contributed by atoms with E-state index in [1.165, 1.54) is 11.8 Å². The highest BCUT2D eigenvalue weighted by atomic mass is 16.4. The van der Waals surface area contributed by atoms with Crippen LogP contribution in [0.1, 0.15) is 19.8 Å². The summed E-state index contributed by atoms with van der Waals surface area (Å²) in [6.07, 6.45) is 3.16. The maximum atomic E-state index is 11.7. The highest BCUT2D eigenvalue weighted by molar-refractivity contribution is 5.90. The Kier molecular flexibility index (Phi) is 4.35. The average Bonchev–Trinajstić information content (AvgIpc) is 3.23. The normalized spacial score (nSPS) is 16.9. The number of carboxylic acids is 1. The molecule has 3 N–H and O–H groups in total. The van der Waals surface area contributed by atoms with E-state index in [4.69, 9.17) is 5.73 Å². The van der Waals surface area contributed by atoms with Crippen molar-refractivity contribution in [1.29, 1.82) is 0 Å². The molecule has 25 heavy (non-hydrogen) atoms. The van der Waals surface area contributed by atoms with E-state index < -0.39 is 12.0 Å². The number of carbonyl (C=O) groups is 2. The third-order valence-corrected chi connectivity index (χ3v) is 4.49. The maximum Gasteiger partial charge on any atom is 0.326 e. The molecule has 1 fully saturated rings. The number of carbonyl (C=O) groups excluding carboxylic acids is 1. The van der Waals surface area contributed by atoms with E-state index in [9.17, 15) is 14.7 Å². The second-order valence-electron chi connectivity index (χ2n) is 6.09. The standard InChI is InChI=1S/C17H21N5O3/c1-11(23)20(2)15-6-4-10-22(15)14-8-7-12(18)16(19-14)21-9-3-5-13(21)17(24)25/h4,6-8,10,13H,3,5,9,18H2,1-2H3,(H,24,25). The van der Waals surface area contributed by atoms with Crippen LogP contribution in [-0.4, -0.2) is 46.2 Å². The van der Waals surface area contributed by atoms with Gasteiger partial charge in [0.1, 0.15) is 17.7 Å². The molecular weight excluding hydrogens is 322 g/mol. The Morgan fingerprint density at radius 2 is 2.12 bits per heavy atom. The lowest BCUT2D eigenvalue weighted by atomic mass is 10.2. The fourth-order valence-corrected chi connectivity index (χ4v) is 3.09. The van der Waals surface area contributed by atoms with Crippen LogP contribution >= 0.6 is 0 Å². The minimum Gasteiger partial charge on any atom is -0.480 e. The molecule has 1 aliphatic rings. The first kappa shape index (κ1) is 16.8. The van der Waals surface area contributed by atoms with Gasteiger partial charge >= 0.3 is 5.97 Å². The van der Waals surface area contributed by atoms with Crippen molar-refractivity contribution in [3.05, 3.63) is 30.5 Å². The van der Waals surface area contributed by atoms with E-state index in [0.717, 1.165) is 6.42 Å². The van der Waals surface area contributed by atoms with Gasteiger partial charge in [0, 0.05) is 26.7 Å². The van der Waals surface area contributed by atoms with E-state index in [-0.39, 0.29) is 5.91 Å². The van der Waals surface area contributed by atoms with Crippen LogP contribution in [0.3, 0.4) is 0 Å². The van der Waals surface area contributed by atoms with Gasteiger partial charge in [-0.25, -0.2) is 9.78 Å². The molecule has 0 aromatic carbocycles. The zero-order chi connectivity index (χ0) is 18.1. The number of hydrogen-bond donors (Lipinski definition) is 2. The molecule has 0 bridgehead atoms. The van der Waals surface area contributed by atoms with Crippen LogP contribution in [0, 0.1) is 0 Å². The summed E-state index contributed by atoms with van der Waals surface area (Å²) in [5.41, 5.74) is 6.50. The van der Waals surface area contributed by atoms with Crippen molar-refractivity contribution in [2.45, 2.75) is 25.8 Å². The van der Waals surface area contributed by atoms with E-state index in [0.29, 0.717) is 36.1 Å². The van der Waals surface area contributed by atoms with Crippen LogP contribution < -0.4 is 15.5 Å². The number of nitrogens with two attached hydrogens (primary N) is 1. The number of rotatable bonds is 4. The van der Waals surface area contributed by atoms with Gasteiger partial charge < -0.3 is 20.6 Å². The number of anilines is 3. The molecule has 3 heterocycles. The van der Waals surface area contributed by atoms with Crippen LogP contribution in [0.4, 0.5) is 17.3 Å². The lowest BCUT2D eigenvalue weighted by Gasteiger charge is -2.25. The smallest absolute Gasteiger partial charge is 0.326 e. The SMILES string of the molecule is CC(=O)N(C)c1cccn1-c1ccc(N)c(N2CCCC2C(=O)O)n1. The first-order valence-electron chi connectivity index (χ1n) is 8.08. The summed E-state index contributed by atoms with van der Waals surface area (Å²) in [6.45, 7) is 2.09. The molecule has 8 nitrogen and oxygen atoms in total. The zero-order valence-corrected chi connectivity index (χ0v) is 14.2. The minimum atomic E-state index is -0.873. The molecule has 1 unspecified atom stereocenters. The molecule has 0 saturated carbocycles. The summed E-state index contributed by atoms with van der Waals surface area (Å²) < 4.78 is 1.77. The molecule has 132 valence electrons. The van der Waals surface area contributed by atoms with Crippen molar-refractivity contribution in [2.24, 2.45) is 0 Å². The molecular formula is C17H21N5O3. The molecule has 8 heteroatoms. The van der Waals surface area contributed by atoms with Crippen LogP contribution in [0.2, 0.25) is 0 Å². The van der Waals surface area contributed by atoms with Crippen molar-refractivity contribution in [2.75, 3.05) is 29.1 Å². The van der Waals surface area contributed by atoms with E-state index in [1.807, 2.05) is 12.1 Å². The van der Waals surface area contributed by atoms with Crippen LogP contribution in [0.15, 0.2) is 30.5 Å². The van der Waals surface area contributed by atoms with Gasteiger partial charge in [-0.05, 0) is 37.1 Å². The Morgan fingerprint density at radius 3 is 2.80 bits per heavy atom. The van der Waals surface area contributed by atoms with Gasteiger partial charge in [-0.15, -0.1) is 0 Å². The molecule has 0 aliphatic carbocycles. The predicted octanol–water partition coefficient (Wildman–Crippen LogP) is 1.49. The Balaban J connectivity index is 2.02. The molecule has 2 aromatic heterocycles. The maximum absolute atomic E-state index is 11.7. The largest absolute Gasteiger partial charge is 0.480 e. The van der Waals surface area contributed by atoms with E-state index >= 15 is 0 Å². The van der Waals surface area contributed by atoms with Crippen LogP contribution in [0.25, 0.3) is 5.82 Å².